The van der Waals surface area contributed by atoms with Gasteiger partial charge in [-0.1, -0.05) is 6.08 Å². The number of hydrogen-bond donors (Lipinski definition) is 2. The second-order valence-electron chi connectivity index (χ2n) is 7.92. The van der Waals surface area contributed by atoms with E-state index in [0.717, 1.165) is 17.0 Å². The van der Waals surface area contributed by atoms with Crippen molar-refractivity contribution in [2.75, 3.05) is 49.1 Å². The molecule has 12 heteroatoms. The van der Waals surface area contributed by atoms with Gasteiger partial charge < -0.3 is 20.3 Å². The van der Waals surface area contributed by atoms with Crippen molar-refractivity contribution in [1.29, 1.82) is 5.41 Å². The van der Waals surface area contributed by atoms with Crippen molar-refractivity contribution in [1.82, 2.24) is 14.5 Å². The normalized spacial score (nSPS) is 18.6. The van der Waals surface area contributed by atoms with Crippen LogP contribution in [0.15, 0.2) is 36.7 Å². The first-order valence-electron chi connectivity index (χ1n) is 10.8. The third kappa shape index (κ3) is 4.91. The molecule has 3 heterocycles. The summed E-state index contributed by atoms with van der Waals surface area (Å²) in [6, 6.07) is 3.90. The van der Waals surface area contributed by atoms with E-state index in [0.29, 0.717) is 13.1 Å². The number of nitrogens with zero attached hydrogens (tertiary/aromatic N) is 5. The lowest BCUT2D eigenvalue weighted by Crippen LogP contribution is -2.49. The number of amides is 2. The van der Waals surface area contributed by atoms with E-state index in [4.69, 9.17) is 15.9 Å². The molecule has 10 nitrogen and oxygen atoms in total. The molecule has 1 atom stereocenters. The smallest absolute Gasteiger partial charge is 0.414 e. The van der Waals surface area contributed by atoms with Crippen molar-refractivity contribution in [3.63, 3.8) is 0 Å². The molecule has 1 unspecified atom stereocenters. The van der Waals surface area contributed by atoms with Crippen LogP contribution in [0.5, 0.6) is 0 Å². The van der Waals surface area contributed by atoms with E-state index in [1.54, 1.807) is 34.3 Å². The number of halogens is 2. The van der Waals surface area contributed by atoms with Crippen molar-refractivity contribution in [2.24, 2.45) is 5.73 Å². The highest BCUT2D eigenvalue weighted by molar-refractivity contribution is 5.90. The van der Waals surface area contributed by atoms with Crippen LogP contribution in [0.4, 0.5) is 25.0 Å². The fourth-order valence-electron chi connectivity index (χ4n) is 3.94. The Labute approximate surface area is 194 Å². The van der Waals surface area contributed by atoms with Crippen LogP contribution in [0.3, 0.4) is 0 Å². The van der Waals surface area contributed by atoms with Gasteiger partial charge in [-0.25, -0.2) is 18.6 Å². The maximum atomic E-state index is 14.9. The summed E-state index contributed by atoms with van der Waals surface area (Å²) in [5.74, 6) is -1.70. The molecule has 34 heavy (non-hydrogen) atoms. The first-order valence-corrected chi connectivity index (χ1v) is 10.8. The summed E-state index contributed by atoms with van der Waals surface area (Å²) in [5.41, 5.74) is 5.45. The van der Waals surface area contributed by atoms with Gasteiger partial charge in [-0.05, 0) is 6.07 Å². The number of aromatic nitrogens is 2. The minimum Gasteiger partial charge on any atom is -0.443 e. The summed E-state index contributed by atoms with van der Waals surface area (Å²) in [7, 11) is 0. The highest BCUT2D eigenvalue weighted by atomic mass is 19.1. The highest BCUT2D eigenvalue weighted by Crippen LogP contribution is 2.31. The molecule has 2 amide bonds. The standard InChI is InChI=1S/C22H25F2N7O3/c23-17-11-15(31-14-16(13-25)34-22(31)33)12-18(24)20(17)29-9-7-28(8-10-29)19(32)3-1-5-30-6-2-4-27-21(30)26/h1-2,4-6,11-12,16,26H,3,7-10,13-14,25H2/b5-1+,26-21?. The van der Waals surface area contributed by atoms with Gasteiger partial charge in [0.15, 0.2) is 11.6 Å². The van der Waals surface area contributed by atoms with E-state index in [2.05, 4.69) is 4.98 Å². The molecule has 0 saturated carbocycles. The van der Waals surface area contributed by atoms with Crippen LogP contribution in [0.25, 0.3) is 6.20 Å². The Morgan fingerprint density at radius 1 is 1.24 bits per heavy atom. The number of anilines is 2. The van der Waals surface area contributed by atoms with E-state index < -0.39 is 23.8 Å². The predicted molar refractivity (Wildman–Crippen MR) is 120 cm³/mol. The molecule has 0 spiro atoms. The number of piperazine rings is 1. The Morgan fingerprint density at radius 3 is 2.56 bits per heavy atom. The van der Waals surface area contributed by atoms with Gasteiger partial charge in [0.2, 0.25) is 11.5 Å². The topological polar surface area (TPSA) is 121 Å². The zero-order valence-corrected chi connectivity index (χ0v) is 18.4. The molecule has 0 aliphatic carbocycles. The average molecular weight is 473 g/mol. The number of benzene rings is 1. The minimum atomic E-state index is -0.790. The Morgan fingerprint density at radius 2 is 1.94 bits per heavy atom. The molecule has 0 radical (unpaired) electrons. The van der Waals surface area contributed by atoms with E-state index in [1.807, 2.05) is 0 Å². The van der Waals surface area contributed by atoms with E-state index in [9.17, 15) is 18.4 Å². The number of carbonyl (C=O) groups is 2. The Hall–Kier alpha value is -3.80. The Balaban J connectivity index is 1.36. The van der Waals surface area contributed by atoms with Crippen molar-refractivity contribution >= 4 is 29.6 Å². The van der Waals surface area contributed by atoms with Gasteiger partial charge in [0, 0.05) is 69.9 Å². The molecule has 2 aromatic rings. The van der Waals surface area contributed by atoms with E-state index in [-0.39, 0.29) is 55.5 Å². The first-order chi connectivity index (χ1) is 16.4. The van der Waals surface area contributed by atoms with Crippen LogP contribution in [-0.2, 0) is 9.53 Å². The molecule has 2 aliphatic rings. The largest absolute Gasteiger partial charge is 0.443 e. The van der Waals surface area contributed by atoms with Crippen molar-refractivity contribution in [2.45, 2.75) is 12.5 Å². The zero-order valence-electron chi connectivity index (χ0n) is 18.4. The lowest BCUT2D eigenvalue weighted by Gasteiger charge is -2.36. The maximum absolute atomic E-state index is 14.9. The fourth-order valence-corrected chi connectivity index (χ4v) is 3.94. The minimum absolute atomic E-state index is 0.0516. The quantitative estimate of drug-likeness (QED) is 0.649. The highest BCUT2D eigenvalue weighted by Gasteiger charge is 2.33. The lowest BCUT2D eigenvalue weighted by atomic mass is 10.2. The van der Waals surface area contributed by atoms with Crippen molar-refractivity contribution in [3.8, 4) is 0 Å². The molecular formula is C22H25F2N7O3. The first kappa shape index (κ1) is 23.4. The van der Waals surface area contributed by atoms with Gasteiger partial charge in [-0.15, -0.1) is 0 Å². The summed E-state index contributed by atoms with van der Waals surface area (Å²) in [5, 5.41) is 7.69. The van der Waals surface area contributed by atoms with E-state index in [1.165, 1.54) is 10.8 Å². The molecular weight excluding hydrogens is 448 g/mol. The average Bonchev–Trinajstić information content (AvgIpc) is 3.21. The van der Waals surface area contributed by atoms with E-state index >= 15 is 0 Å². The van der Waals surface area contributed by atoms with Gasteiger partial charge in [-0.3, -0.25) is 19.7 Å². The second kappa shape index (κ2) is 10.00. The third-order valence-electron chi connectivity index (χ3n) is 5.73. The molecule has 180 valence electrons. The lowest BCUT2D eigenvalue weighted by molar-refractivity contribution is -0.130. The van der Waals surface area contributed by atoms with Crippen LogP contribution in [0.2, 0.25) is 0 Å². The zero-order chi connectivity index (χ0) is 24.2. The van der Waals surface area contributed by atoms with Crippen molar-refractivity contribution in [3.05, 3.63) is 53.9 Å². The molecule has 3 N–H and O–H groups in total. The maximum Gasteiger partial charge on any atom is 0.414 e. The molecule has 0 bridgehead atoms. The number of nitrogens with two attached hydrogens (primary N) is 1. The molecule has 4 rings (SSSR count). The predicted octanol–water partition coefficient (Wildman–Crippen LogP) is 1.13. The number of cyclic esters (lactones) is 1. The molecule has 2 saturated heterocycles. The Bertz CT molecular complexity index is 1140. The Kier molecular flexibility index (Phi) is 6.87. The van der Waals surface area contributed by atoms with Gasteiger partial charge in [0.1, 0.15) is 11.8 Å². The summed E-state index contributed by atoms with van der Waals surface area (Å²) in [6.45, 7) is 1.40. The third-order valence-corrected chi connectivity index (χ3v) is 5.73. The van der Waals surface area contributed by atoms with Crippen molar-refractivity contribution < 1.29 is 23.1 Å². The summed E-state index contributed by atoms with van der Waals surface area (Å²) < 4.78 is 36.3. The van der Waals surface area contributed by atoms with Crippen LogP contribution in [0.1, 0.15) is 6.42 Å². The molecule has 2 fully saturated rings. The van der Waals surface area contributed by atoms with Gasteiger partial charge in [0.05, 0.1) is 12.2 Å². The number of hydrogen-bond acceptors (Lipinski definition) is 7. The molecule has 2 aliphatic heterocycles. The van der Waals surface area contributed by atoms with Gasteiger partial charge in [-0.2, -0.15) is 0 Å². The summed E-state index contributed by atoms with van der Waals surface area (Å²) >= 11 is 0. The molecule has 1 aromatic carbocycles. The number of rotatable bonds is 6. The monoisotopic (exact) mass is 473 g/mol. The molecule has 1 aromatic heterocycles. The summed E-state index contributed by atoms with van der Waals surface area (Å²) in [6.07, 6.45) is 5.34. The number of carbonyl (C=O) groups excluding carboxylic acids is 2. The second-order valence-corrected chi connectivity index (χ2v) is 7.92. The van der Waals surface area contributed by atoms with Crippen LogP contribution < -0.4 is 21.2 Å². The van der Waals surface area contributed by atoms with Crippen LogP contribution >= 0.6 is 0 Å². The van der Waals surface area contributed by atoms with Gasteiger partial charge >= 0.3 is 6.09 Å². The summed E-state index contributed by atoms with van der Waals surface area (Å²) in [4.78, 5) is 32.6. The van der Waals surface area contributed by atoms with Crippen LogP contribution in [-0.4, -0.2) is 71.8 Å². The number of ether oxygens (including phenoxy) is 1. The van der Waals surface area contributed by atoms with Gasteiger partial charge in [0.25, 0.3) is 0 Å². The SMILES string of the molecule is N=c1ncccn1/C=C/CC(=O)N1CCN(c2c(F)cc(N3CC(CN)OC3=O)cc2F)CC1. The fraction of sp³-hybridized carbons (Fsp3) is 0.364. The van der Waals surface area contributed by atoms with Crippen LogP contribution in [0, 0.1) is 17.0 Å². The number of nitrogens with one attached hydrogen (secondary N) is 1.